The maximum atomic E-state index is 12.5. The second kappa shape index (κ2) is 6.99. The maximum Gasteiger partial charge on any atom is 0.281 e. The molecule has 1 aliphatic rings. The zero-order chi connectivity index (χ0) is 18.0. The lowest BCUT2D eigenvalue weighted by molar-refractivity contribution is 0.568. The van der Waals surface area contributed by atoms with E-state index in [0.29, 0.717) is 11.6 Å². The summed E-state index contributed by atoms with van der Waals surface area (Å²) >= 11 is 0. The van der Waals surface area contributed by atoms with E-state index in [9.17, 15) is 8.42 Å². The minimum atomic E-state index is -3.76. The van der Waals surface area contributed by atoms with E-state index in [2.05, 4.69) is 24.6 Å². The Labute approximate surface area is 148 Å². The molecule has 136 valence electrons. The van der Waals surface area contributed by atoms with Gasteiger partial charge in [-0.15, -0.1) is 0 Å². The van der Waals surface area contributed by atoms with E-state index in [1.165, 1.54) is 25.0 Å². The van der Waals surface area contributed by atoms with Gasteiger partial charge in [0, 0.05) is 32.3 Å². The van der Waals surface area contributed by atoms with Gasteiger partial charge in [-0.05, 0) is 19.3 Å². The third-order valence-electron chi connectivity index (χ3n) is 4.21. The molecule has 1 aliphatic heterocycles. The van der Waals surface area contributed by atoms with Gasteiger partial charge in [-0.1, -0.05) is 13.8 Å². The van der Waals surface area contributed by atoms with Crippen LogP contribution >= 0.6 is 0 Å². The Balaban J connectivity index is 1.75. The number of sulfonamides is 1. The zero-order valence-electron chi connectivity index (χ0n) is 14.8. The molecule has 0 amide bonds. The van der Waals surface area contributed by atoms with E-state index in [1.807, 2.05) is 13.8 Å². The normalized spacial score (nSPS) is 15.6. The largest absolute Gasteiger partial charge is 0.341 e. The van der Waals surface area contributed by atoms with Gasteiger partial charge >= 0.3 is 0 Å². The van der Waals surface area contributed by atoms with Gasteiger partial charge in [0.25, 0.3) is 10.0 Å². The average Bonchev–Trinajstić information content (AvgIpc) is 2.99. The van der Waals surface area contributed by atoms with Crippen LogP contribution in [0.4, 0.5) is 11.6 Å². The van der Waals surface area contributed by atoms with Gasteiger partial charge in [0.1, 0.15) is 5.82 Å². The monoisotopic (exact) mass is 364 g/mol. The Morgan fingerprint density at radius 3 is 2.32 bits per heavy atom. The lowest BCUT2D eigenvalue weighted by Gasteiger charge is -2.26. The van der Waals surface area contributed by atoms with Gasteiger partial charge in [0.05, 0.1) is 18.1 Å². The summed E-state index contributed by atoms with van der Waals surface area (Å²) in [7, 11) is -1.97. The molecule has 25 heavy (non-hydrogen) atoms. The third-order valence-corrected chi connectivity index (χ3v) is 5.46. The van der Waals surface area contributed by atoms with Crippen molar-refractivity contribution in [3.8, 4) is 0 Å². The number of rotatable bonds is 5. The SMILES string of the molecule is CC(C)c1nc(S(=O)(=O)Nc2cnc(N3CCCCC3)nc2)cn1C. The van der Waals surface area contributed by atoms with Crippen molar-refractivity contribution >= 4 is 21.7 Å². The van der Waals surface area contributed by atoms with Crippen molar-refractivity contribution < 1.29 is 8.42 Å². The van der Waals surface area contributed by atoms with Crippen molar-refractivity contribution in [1.82, 2.24) is 19.5 Å². The summed E-state index contributed by atoms with van der Waals surface area (Å²) in [5.41, 5.74) is 0.331. The summed E-state index contributed by atoms with van der Waals surface area (Å²) < 4.78 is 29.3. The van der Waals surface area contributed by atoms with Crippen LogP contribution < -0.4 is 9.62 Å². The molecule has 3 rings (SSSR count). The zero-order valence-corrected chi connectivity index (χ0v) is 15.6. The maximum absolute atomic E-state index is 12.5. The number of nitrogens with zero attached hydrogens (tertiary/aromatic N) is 5. The minimum Gasteiger partial charge on any atom is -0.341 e. The Morgan fingerprint density at radius 1 is 1.12 bits per heavy atom. The van der Waals surface area contributed by atoms with Crippen molar-refractivity contribution in [2.75, 3.05) is 22.7 Å². The predicted molar refractivity (Wildman–Crippen MR) is 96.2 cm³/mol. The highest BCUT2D eigenvalue weighted by Crippen LogP contribution is 2.20. The number of nitrogens with one attached hydrogen (secondary N) is 1. The Kier molecular flexibility index (Phi) is 4.94. The quantitative estimate of drug-likeness (QED) is 0.873. The number of hydrogen-bond acceptors (Lipinski definition) is 6. The lowest BCUT2D eigenvalue weighted by atomic mass is 10.1. The van der Waals surface area contributed by atoms with Crippen molar-refractivity contribution in [3.63, 3.8) is 0 Å². The second-order valence-electron chi connectivity index (χ2n) is 6.63. The molecule has 0 atom stereocenters. The Hall–Kier alpha value is -2.16. The third kappa shape index (κ3) is 3.92. The number of imidazole rings is 1. The summed E-state index contributed by atoms with van der Waals surface area (Å²) in [5.74, 6) is 1.50. The number of hydrogen-bond donors (Lipinski definition) is 1. The van der Waals surface area contributed by atoms with E-state index in [-0.39, 0.29) is 10.9 Å². The second-order valence-corrected chi connectivity index (χ2v) is 8.26. The van der Waals surface area contributed by atoms with Crippen molar-refractivity contribution in [2.24, 2.45) is 7.05 Å². The molecule has 0 bridgehead atoms. The highest BCUT2D eigenvalue weighted by atomic mass is 32.2. The van der Waals surface area contributed by atoms with E-state index in [4.69, 9.17) is 0 Å². The van der Waals surface area contributed by atoms with Crippen LogP contribution in [-0.4, -0.2) is 41.0 Å². The average molecular weight is 364 g/mol. The fraction of sp³-hybridized carbons (Fsp3) is 0.562. The molecule has 0 unspecified atom stereocenters. The fourth-order valence-electron chi connectivity index (χ4n) is 2.96. The van der Waals surface area contributed by atoms with Crippen molar-refractivity contribution in [3.05, 3.63) is 24.4 Å². The molecule has 0 saturated carbocycles. The molecule has 1 N–H and O–H groups in total. The first-order chi connectivity index (χ1) is 11.9. The van der Waals surface area contributed by atoms with Gasteiger partial charge in [-0.2, -0.15) is 8.42 Å². The first-order valence-electron chi connectivity index (χ1n) is 8.50. The minimum absolute atomic E-state index is 0.00110. The van der Waals surface area contributed by atoms with E-state index < -0.39 is 10.0 Å². The van der Waals surface area contributed by atoms with Crippen LogP contribution in [0.5, 0.6) is 0 Å². The van der Waals surface area contributed by atoms with Gasteiger partial charge in [0.2, 0.25) is 5.95 Å². The van der Waals surface area contributed by atoms with Crippen LogP contribution in [0.1, 0.15) is 44.9 Å². The first-order valence-corrected chi connectivity index (χ1v) is 9.98. The van der Waals surface area contributed by atoms with E-state index in [0.717, 1.165) is 31.8 Å². The topological polar surface area (TPSA) is 93.0 Å². The van der Waals surface area contributed by atoms with Gasteiger partial charge in [-0.25, -0.2) is 15.0 Å². The highest BCUT2D eigenvalue weighted by molar-refractivity contribution is 7.92. The van der Waals surface area contributed by atoms with Crippen LogP contribution in [0, 0.1) is 0 Å². The smallest absolute Gasteiger partial charge is 0.281 e. The standard InChI is InChI=1S/C16H24N6O2S/c1-12(2)15-19-14(11-21(15)3)25(23,24)20-13-9-17-16(18-10-13)22-7-5-4-6-8-22/h9-12,20H,4-8H2,1-3H3. The molecule has 1 fully saturated rings. The summed E-state index contributed by atoms with van der Waals surface area (Å²) in [6.07, 6.45) is 8.02. The summed E-state index contributed by atoms with van der Waals surface area (Å²) in [6.45, 7) is 5.83. The van der Waals surface area contributed by atoms with Crippen LogP contribution in [-0.2, 0) is 17.1 Å². The van der Waals surface area contributed by atoms with Crippen LogP contribution in [0.2, 0.25) is 0 Å². The molecule has 1 saturated heterocycles. The molecule has 2 aromatic heterocycles. The van der Waals surface area contributed by atoms with Crippen molar-refractivity contribution in [2.45, 2.75) is 44.1 Å². The molecule has 8 nitrogen and oxygen atoms in total. The van der Waals surface area contributed by atoms with Gasteiger partial charge < -0.3 is 9.47 Å². The first kappa shape index (κ1) is 17.7. The van der Waals surface area contributed by atoms with E-state index in [1.54, 1.807) is 11.6 Å². The van der Waals surface area contributed by atoms with Crippen molar-refractivity contribution in [1.29, 1.82) is 0 Å². The molecule has 2 aromatic rings. The predicted octanol–water partition coefficient (Wildman–Crippen LogP) is 2.12. The number of aromatic nitrogens is 4. The van der Waals surface area contributed by atoms with E-state index >= 15 is 0 Å². The lowest BCUT2D eigenvalue weighted by Crippen LogP contribution is -2.30. The molecular formula is C16H24N6O2S. The molecule has 9 heteroatoms. The Morgan fingerprint density at radius 2 is 1.76 bits per heavy atom. The summed E-state index contributed by atoms with van der Waals surface area (Å²) in [5, 5.41) is -0.00110. The van der Waals surface area contributed by atoms with Crippen LogP contribution in [0.3, 0.4) is 0 Å². The molecular weight excluding hydrogens is 340 g/mol. The number of piperidine rings is 1. The number of aryl methyl sites for hydroxylation is 1. The molecule has 0 aliphatic carbocycles. The molecule has 0 radical (unpaired) electrons. The molecule has 0 aromatic carbocycles. The highest BCUT2D eigenvalue weighted by Gasteiger charge is 2.21. The molecule has 3 heterocycles. The number of anilines is 2. The molecule has 0 spiro atoms. The van der Waals surface area contributed by atoms with Gasteiger partial charge in [0.15, 0.2) is 5.03 Å². The van der Waals surface area contributed by atoms with Crippen LogP contribution in [0.25, 0.3) is 0 Å². The van der Waals surface area contributed by atoms with Crippen LogP contribution in [0.15, 0.2) is 23.6 Å². The summed E-state index contributed by atoms with van der Waals surface area (Å²) in [4.78, 5) is 14.9. The fourth-order valence-corrected chi connectivity index (χ4v) is 3.99. The Bertz CT molecular complexity index is 823. The summed E-state index contributed by atoms with van der Waals surface area (Å²) in [6, 6.07) is 0. The van der Waals surface area contributed by atoms with Gasteiger partial charge in [-0.3, -0.25) is 4.72 Å².